The molecule has 0 saturated carbocycles. The van der Waals surface area contributed by atoms with Crippen LogP contribution in [0.25, 0.3) is 0 Å². The van der Waals surface area contributed by atoms with Crippen LogP contribution < -0.4 is 5.32 Å². The summed E-state index contributed by atoms with van der Waals surface area (Å²) < 4.78 is 0. The lowest BCUT2D eigenvalue weighted by atomic mass is 10.1. The third kappa shape index (κ3) is 4.37. The Morgan fingerprint density at radius 1 is 1.14 bits per heavy atom. The predicted molar refractivity (Wildman–Crippen MR) is 86.2 cm³/mol. The fraction of sp³-hybridized carbons (Fsp3) is 0.188. The Morgan fingerprint density at radius 3 is 2.41 bits per heavy atom. The van der Waals surface area contributed by atoms with E-state index < -0.39 is 6.04 Å². The van der Waals surface area contributed by atoms with Gasteiger partial charge in [-0.2, -0.15) is 0 Å². The van der Waals surface area contributed by atoms with E-state index in [1.54, 1.807) is 30.3 Å². The molecule has 2 aromatic rings. The smallest absolute Gasteiger partial charge is 0.225 e. The van der Waals surface area contributed by atoms with Crippen molar-refractivity contribution < 1.29 is 15.0 Å². The molecule has 0 radical (unpaired) electrons. The van der Waals surface area contributed by atoms with E-state index in [1.807, 2.05) is 0 Å². The van der Waals surface area contributed by atoms with Crippen molar-refractivity contribution in [3.63, 3.8) is 0 Å². The third-order valence-electron chi connectivity index (χ3n) is 3.18. The van der Waals surface area contributed by atoms with Gasteiger partial charge in [-0.25, -0.2) is 0 Å². The topological polar surface area (TPSA) is 69.6 Å². The molecule has 116 valence electrons. The summed E-state index contributed by atoms with van der Waals surface area (Å²) in [5.74, 6) is -0.231. The summed E-state index contributed by atoms with van der Waals surface area (Å²) in [6.45, 7) is -0.226. The van der Waals surface area contributed by atoms with Crippen molar-refractivity contribution in [1.29, 1.82) is 0 Å². The zero-order valence-corrected chi connectivity index (χ0v) is 13.1. The second-order valence-electron chi connectivity index (χ2n) is 4.81. The molecule has 6 heteroatoms. The fourth-order valence-corrected chi connectivity index (χ4v) is 2.39. The van der Waals surface area contributed by atoms with Crippen LogP contribution in [0.15, 0.2) is 42.5 Å². The van der Waals surface area contributed by atoms with E-state index in [9.17, 15) is 15.0 Å². The van der Waals surface area contributed by atoms with E-state index in [-0.39, 0.29) is 24.7 Å². The van der Waals surface area contributed by atoms with Crippen LogP contribution in [-0.4, -0.2) is 22.7 Å². The van der Waals surface area contributed by atoms with Gasteiger partial charge in [0.1, 0.15) is 5.75 Å². The average molecular weight is 340 g/mol. The first-order valence-corrected chi connectivity index (χ1v) is 7.38. The maximum atomic E-state index is 12.1. The lowest BCUT2D eigenvalue weighted by molar-refractivity contribution is -0.121. The SMILES string of the molecule is O=C(Cc1ccc(O)cc1Cl)NC(CO)c1ccc(Cl)cc1. The lowest BCUT2D eigenvalue weighted by Gasteiger charge is -2.17. The van der Waals surface area contributed by atoms with Gasteiger partial charge in [-0.15, -0.1) is 0 Å². The summed E-state index contributed by atoms with van der Waals surface area (Å²) >= 11 is 11.8. The van der Waals surface area contributed by atoms with Crippen LogP contribution in [0.3, 0.4) is 0 Å². The number of benzene rings is 2. The van der Waals surface area contributed by atoms with Crippen LogP contribution in [0, 0.1) is 0 Å². The number of aliphatic hydroxyl groups excluding tert-OH is 1. The van der Waals surface area contributed by atoms with Gasteiger partial charge in [0, 0.05) is 10.0 Å². The molecule has 0 aromatic heterocycles. The van der Waals surface area contributed by atoms with Gasteiger partial charge < -0.3 is 15.5 Å². The van der Waals surface area contributed by atoms with E-state index in [2.05, 4.69) is 5.32 Å². The van der Waals surface area contributed by atoms with Gasteiger partial charge in [-0.05, 0) is 35.4 Å². The van der Waals surface area contributed by atoms with Crippen molar-refractivity contribution in [1.82, 2.24) is 5.32 Å². The fourth-order valence-electron chi connectivity index (χ4n) is 2.03. The number of phenols is 1. The Bertz CT molecular complexity index is 659. The molecule has 0 aliphatic heterocycles. The van der Waals surface area contributed by atoms with Gasteiger partial charge in [0.25, 0.3) is 0 Å². The molecule has 0 aliphatic carbocycles. The second-order valence-corrected chi connectivity index (χ2v) is 5.65. The molecule has 2 rings (SSSR count). The molecule has 0 aliphatic rings. The Balaban J connectivity index is 2.04. The van der Waals surface area contributed by atoms with E-state index in [4.69, 9.17) is 23.2 Å². The quantitative estimate of drug-likeness (QED) is 0.783. The van der Waals surface area contributed by atoms with Crippen molar-refractivity contribution in [2.45, 2.75) is 12.5 Å². The van der Waals surface area contributed by atoms with E-state index in [0.717, 1.165) is 5.56 Å². The molecule has 22 heavy (non-hydrogen) atoms. The summed E-state index contributed by atoms with van der Waals surface area (Å²) in [6, 6.07) is 10.8. The number of phenolic OH excluding ortho intramolecular Hbond substituents is 1. The van der Waals surface area contributed by atoms with E-state index >= 15 is 0 Å². The summed E-state index contributed by atoms with van der Waals surface area (Å²) in [5.41, 5.74) is 1.36. The molecule has 2 aromatic carbocycles. The highest BCUT2D eigenvalue weighted by Crippen LogP contribution is 2.22. The number of hydrogen-bond donors (Lipinski definition) is 3. The van der Waals surface area contributed by atoms with Gasteiger partial charge in [0.15, 0.2) is 0 Å². The highest BCUT2D eigenvalue weighted by molar-refractivity contribution is 6.31. The molecule has 0 heterocycles. The van der Waals surface area contributed by atoms with Crippen LogP contribution in [0.1, 0.15) is 17.2 Å². The van der Waals surface area contributed by atoms with Crippen molar-refractivity contribution in [2.75, 3.05) is 6.61 Å². The molecule has 1 amide bonds. The van der Waals surface area contributed by atoms with Crippen molar-refractivity contribution in [3.8, 4) is 5.75 Å². The third-order valence-corrected chi connectivity index (χ3v) is 3.78. The molecular weight excluding hydrogens is 325 g/mol. The number of nitrogens with one attached hydrogen (secondary N) is 1. The lowest BCUT2D eigenvalue weighted by Crippen LogP contribution is -2.32. The standard InChI is InChI=1S/C16H15Cl2NO3/c17-12-4-1-10(2-5-12)15(9-20)19-16(22)7-11-3-6-13(21)8-14(11)18/h1-6,8,15,20-21H,7,9H2,(H,19,22). The molecule has 0 saturated heterocycles. The first-order valence-electron chi connectivity index (χ1n) is 6.62. The van der Waals surface area contributed by atoms with Crippen LogP contribution in [0.5, 0.6) is 5.75 Å². The molecule has 1 unspecified atom stereocenters. The van der Waals surface area contributed by atoms with Crippen LogP contribution in [0.4, 0.5) is 0 Å². The number of halogens is 2. The van der Waals surface area contributed by atoms with E-state index in [1.165, 1.54) is 12.1 Å². The Kier molecular flexibility index (Phi) is 5.66. The summed E-state index contributed by atoms with van der Waals surface area (Å²) in [4.78, 5) is 12.1. The zero-order valence-electron chi connectivity index (χ0n) is 11.6. The number of amides is 1. The number of aliphatic hydroxyl groups is 1. The highest BCUT2D eigenvalue weighted by Gasteiger charge is 2.15. The van der Waals surface area contributed by atoms with Crippen molar-refractivity contribution in [2.24, 2.45) is 0 Å². The Hall–Kier alpha value is -1.75. The van der Waals surface area contributed by atoms with Gasteiger partial charge in [-0.1, -0.05) is 41.4 Å². The normalized spacial score (nSPS) is 12.0. The minimum atomic E-state index is -0.513. The molecular formula is C16H15Cl2NO3. The molecule has 0 bridgehead atoms. The van der Waals surface area contributed by atoms with Gasteiger partial charge in [0.05, 0.1) is 19.1 Å². The number of carbonyl (C=O) groups excluding carboxylic acids is 1. The first-order chi connectivity index (χ1) is 10.5. The van der Waals surface area contributed by atoms with Gasteiger partial charge in [0.2, 0.25) is 5.91 Å². The van der Waals surface area contributed by atoms with Crippen molar-refractivity contribution in [3.05, 3.63) is 63.6 Å². The highest BCUT2D eigenvalue weighted by atomic mass is 35.5. The number of carbonyl (C=O) groups is 1. The summed E-state index contributed by atoms with van der Waals surface area (Å²) in [6.07, 6.45) is 0.0587. The maximum Gasteiger partial charge on any atom is 0.225 e. The summed E-state index contributed by atoms with van der Waals surface area (Å²) in [5, 5.41) is 22.4. The second kappa shape index (κ2) is 7.49. The largest absolute Gasteiger partial charge is 0.508 e. The minimum Gasteiger partial charge on any atom is -0.508 e. The van der Waals surface area contributed by atoms with Gasteiger partial charge >= 0.3 is 0 Å². The maximum absolute atomic E-state index is 12.1. The number of rotatable bonds is 5. The predicted octanol–water partition coefficient (Wildman–Crippen LogP) is 3.09. The molecule has 0 spiro atoms. The molecule has 1 atom stereocenters. The number of hydrogen-bond acceptors (Lipinski definition) is 3. The monoisotopic (exact) mass is 339 g/mol. The first kappa shape index (κ1) is 16.6. The van der Waals surface area contributed by atoms with Crippen LogP contribution in [-0.2, 0) is 11.2 Å². The van der Waals surface area contributed by atoms with E-state index in [0.29, 0.717) is 15.6 Å². The molecule has 3 N–H and O–H groups in total. The van der Waals surface area contributed by atoms with Crippen LogP contribution >= 0.6 is 23.2 Å². The Labute approximate surface area is 138 Å². The Morgan fingerprint density at radius 2 is 1.82 bits per heavy atom. The molecule has 0 fully saturated rings. The van der Waals surface area contributed by atoms with Crippen LogP contribution in [0.2, 0.25) is 10.0 Å². The molecule has 4 nitrogen and oxygen atoms in total. The average Bonchev–Trinajstić information content (AvgIpc) is 2.49. The van der Waals surface area contributed by atoms with Crippen molar-refractivity contribution >= 4 is 29.1 Å². The minimum absolute atomic E-state index is 0.0450. The zero-order chi connectivity index (χ0) is 16.1. The van der Waals surface area contributed by atoms with Gasteiger partial charge in [-0.3, -0.25) is 4.79 Å². The number of aromatic hydroxyl groups is 1. The summed E-state index contributed by atoms with van der Waals surface area (Å²) in [7, 11) is 0.